The molecule has 0 aromatic carbocycles. The van der Waals surface area contributed by atoms with Gasteiger partial charge < -0.3 is 10.2 Å². The Morgan fingerprint density at radius 1 is 1.12 bits per heavy atom. The Labute approximate surface area is 197 Å². The van der Waals surface area contributed by atoms with Crippen molar-refractivity contribution in [1.82, 2.24) is 9.78 Å². The van der Waals surface area contributed by atoms with Gasteiger partial charge in [-0.1, -0.05) is 13.8 Å². The van der Waals surface area contributed by atoms with Gasteiger partial charge in [-0.3, -0.25) is 4.79 Å². The summed E-state index contributed by atoms with van der Waals surface area (Å²) in [6, 6.07) is 2.02. The molecular formula is C27H39N3O3. The molecule has 6 nitrogen and oxygen atoms in total. The number of ketones is 1. The Balaban J connectivity index is 1.39. The number of nitriles is 1. The van der Waals surface area contributed by atoms with E-state index in [-0.39, 0.29) is 17.1 Å². The van der Waals surface area contributed by atoms with E-state index in [4.69, 9.17) is 5.26 Å². The van der Waals surface area contributed by atoms with Gasteiger partial charge in [0.15, 0.2) is 5.78 Å². The summed E-state index contributed by atoms with van der Waals surface area (Å²) in [5.74, 6) is 2.06. The van der Waals surface area contributed by atoms with Crippen LogP contribution < -0.4 is 0 Å². The smallest absolute Gasteiger partial charge is 0.214 e. The summed E-state index contributed by atoms with van der Waals surface area (Å²) in [5, 5.41) is 35.2. The van der Waals surface area contributed by atoms with Gasteiger partial charge in [-0.2, -0.15) is 10.4 Å². The van der Waals surface area contributed by atoms with Gasteiger partial charge in [-0.25, -0.2) is 4.68 Å². The molecule has 2 N–H and O–H groups in total. The zero-order chi connectivity index (χ0) is 23.8. The lowest BCUT2D eigenvalue weighted by molar-refractivity contribution is -0.165. The van der Waals surface area contributed by atoms with E-state index in [1.807, 2.05) is 13.0 Å². The van der Waals surface area contributed by atoms with E-state index in [1.165, 1.54) is 36.8 Å². The predicted octanol–water partition coefficient (Wildman–Crippen LogP) is 4.40. The average Bonchev–Trinajstić information content (AvgIpc) is 3.38. The Bertz CT molecular complexity index is 991. The van der Waals surface area contributed by atoms with Crippen LogP contribution in [0, 0.1) is 51.8 Å². The van der Waals surface area contributed by atoms with Crippen molar-refractivity contribution in [1.29, 1.82) is 5.26 Å². The predicted molar refractivity (Wildman–Crippen MR) is 124 cm³/mol. The molecule has 1 aromatic heterocycles. The van der Waals surface area contributed by atoms with Gasteiger partial charge >= 0.3 is 0 Å². The summed E-state index contributed by atoms with van der Waals surface area (Å²) < 4.78 is 1.26. The van der Waals surface area contributed by atoms with Crippen LogP contribution in [0.3, 0.4) is 0 Å². The van der Waals surface area contributed by atoms with Crippen molar-refractivity contribution in [3.05, 3.63) is 18.0 Å². The van der Waals surface area contributed by atoms with Crippen LogP contribution in [0.1, 0.15) is 91.0 Å². The van der Waals surface area contributed by atoms with Gasteiger partial charge in [0, 0.05) is 12.1 Å². The quantitative estimate of drug-likeness (QED) is 0.707. The molecule has 1 aromatic rings. The van der Waals surface area contributed by atoms with Crippen LogP contribution >= 0.6 is 0 Å². The Kier molecular flexibility index (Phi) is 5.16. The van der Waals surface area contributed by atoms with E-state index in [0.29, 0.717) is 34.7 Å². The zero-order valence-corrected chi connectivity index (χ0v) is 20.5. The van der Waals surface area contributed by atoms with Crippen LogP contribution in [0.15, 0.2) is 12.4 Å². The van der Waals surface area contributed by atoms with E-state index in [9.17, 15) is 15.0 Å². The van der Waals surface area contributed by atoms with E-state index >= 15 is 0 Å². The summed E-state index contributed by atoms with van der Waals surface area (Å²) in [4.78, 5) is 13.7. The number of nitrogens with zero attached hydrogens (tertiary/aromatic N) is 3. The molecule has 6 heteroatoms. The molecule has 5 rings (SSSR count). The highest BCUT2D eigenvalue weighted by Gasteiger charge is 2.63. The number of hydrogen-bond acceptors (Lipinski definition) is 5. The molecule has 9 atom stereocenters. The van der Waals surface area contributed by atoms with Crippen molar-refractivity contribution >= 4 is 5.78 Å². The van der Waals surface area contributed by atoms with Gasteiger partial charge in [0.2, 0.25) is 5.72 Å². The van der Waals surface area contributed by atoms with E-state index in [2.05, 4.69) is 18.9 Å². The first-order valence-electron chi connectivity index (χ1n) is 12.9. The maximum absolute atomic E-state index is 13.7. The number of aromatic nitrogens is 2. The molecule has 1 heterocycles. The normalized spacial score (nSPS) is 46.4. The number of carbonyl (C=O) groups is 1. The second kappa shape index (κ2) is 7.39. The molecule has 4 aliphatic rings. The van der Waals surface area contributed by atoms with E-state index < -0.39 is 11.3 Å². The maximum Gasteiger partial charge on any atom is 0.214 e. The van der Waals surface area contributed by atoms with Crippen LogP contribution in [-0.4, -0.2) is 31.4 Å². The molecule has 0 aliphatic heterocycles. The van der Waals surface area contributed by atoms with Gasteiger partial charge in [0.25, 0.3) is 0 Å². The van der Waals surface area contributed by atoms with Crippen LogP contribution in [0.5, 0.6) is 0 Å². The van der Waals surface area contributed by atoms with Crippen molar-refractivity contribution < 1.29 is 15.0 Å². The van der Waals surface area contributed by atoms with E-state index in [1.54, 1.807) is 0 Å². The number of fused-ring (bicyclic) bond motifs is 5. The molecule has 0 radical (unpaired) electrons. The largest absolute Gasteiger partial charge is 0.390 e. The first-order chi connectivity index (χ1) is 15.4. The molecule has 4 fully saturated rings. The molecule has 0 saturated heterocycles. The lowest BCUT2D eigenvalue weighted by Gasteiger charge is -2.62. The fourth-order valence-electron chi connectivity index (χ4n) is 8.92. The van der Waals surface area contributed by atoms with Crippen molar-refractivity contribution in [2.24, 2.45) is 40.4 Å². The Hall–Kier alpha value is -1.71. The third kappa shape index (κ3) is 3.33. The summed E-state index contributed by atoms with van der Waals surface area (Å²) in [6.45, 7) is 8.31. The minimum atomic E-state index is -1.74. The first kappa shape index (κ1) is 23.1. The number of Topliss-reactive ketones (excluding diaryl/α,β-unsaturated/α-hetero) is 1. The molecule has 180 valence electrons. The van der Waals surface area contributed by atoms with Crippen LogP contribution in [-0.2, 0) is 10.5 Å². The lowest BCUT2D eigenvalue weighted by atomic mass is 9.44. The van der Waals surface area contributed by atoms with Crippen LogP contribution in [0.25, 0.3) is 0 Å². The monoisotopic (exact) mass is 453 g/mol. The van der Waals surface area contributed by atoms with Crippen LogP contribution in [0.4, 0.5) is 0 Å². The van der Waals surface area contributed by atoms with Gasteiger partial charge in [0.05, 0.1) is 17.4 Å². The number of carbonyl (C=O) groups excluding carboxylic acids is 1. The average molecular weight is 454 g/mol. The third-order valence-electron chi connectivity index (χ3n) is 10.9. The molecule has 0 spiro atoms. The Morgan fingerprint density at radius 2 is 1.85 bits per heavy atom. The summed E-state index contributed by atoms with van der Waals surface area (Å²) >= 11 is 0. The topological polar surface area (TPSA) is 99.1 Å². The molecule has 4 aliphatic carbocycles. The Morgan fingerprint density at radius 3 is 2.55 bits per heavy atom. The van der Waals surface area contributed by atoms with Gasteiger partial charge in [-0.15, -0.1) is 0 Å². The molecule has 0 bridgehead atoms. The SMILES string of the molecule is CC(O)(C(=O)[C@H]1CC[C@H]2[C@@H]3CC[C@@H]4C[C@](C)(O)CC[C@]4(C)[C@H]3CC[C@]12C)n1cc(C#N)cn1. The summed E-state index contributed by atoms with van der Waals surface area (Å²) in [5.41, 5.74) is -1.73. The minimum absolute atomic E-state index is 0.100. The summed E-state index contributed by atoms with van der Waals surface area (Å²) in [7, 11) is 0. The summed E-state index contributed by atoms with van der Waals surface area (Å²) in [6.07, 6.45) is 12.2. The highest BCUT2D eigenvalue weighted by Crippen LogP contribution is 2.68. The molecule has 1 unspecified atom stereocenters. The maximum atomic E-state index is 13.7. The zero-order valence-electron chi connectivity index (χ0n) is 20.5. The van der Waals surface area contributed by atoms with Crippen molar-refractivity contribution in [2.45, 2.75) is 96.8 Å². The van der Waals surface area contributed by atoms with Crippen LogP contribution in [0.2, 0.25) is 0 Å². The van der Waals surface area contributed by atoms with E-state index in [0.717, 1.165) is 44.9 Å². The third-order valence-corrected chi connectivity index (χ3v) is 10.9. The number of hydrogen-bond donors (Lipinski definition) is 2. The number of aliphatic hydroxyl groups is 2. The first-order valence-corrected chi connectivity index (χ1v) is 12.9. The van der Waals surface area contributed by atoms with Crippen molar-refractivity contribution in [3.8, 4) is 6.07 Å². The fourth-order valence-corrected chi connectivity index (χ4v) is 8.92. The van der Waals surface area contributed by atoms with Crippen molar-refractivity contribution in [3.63, 3.8) is 0 Å². The second-order valence-electron chi connectivity index (χ2n) is 12.7. The van der Waals surface area contributed by atoms with Gasteiger partial charge in [-0.05, 0) is 106 Å². The molecular weight excluding hydrogens is 414 g/mol. The standard InChI is InChI=1S/C27H39N3O3/c1-24(32)11-12-25(2)18(13-24)5-6-19-20-7-8-22(26(20,3)10-9-21(19)25)23(31)27(4,33)30-16-17(14-28)15-29-30/h15-16,18-22,32-33H,5-13H2,1-4H3/t18-,19+,20+,21+,22-,24-,25+,26+,27?/m1/s1. The number of rotatable bonds is 3. The van der Waals surface area contributed by atoms with Gasteiger partial charge in [0.1, 0.15) is 6.07 Å². The van der Waals surface area contributed by atoms with Crippen molar-refractivity contribution in [2.75, 3.05) is 0 Å². The minimum Gasteiger partial charge on any atom is -0.390 e. The second-order valence-corrected chi connectivity index (χ2v) is 12.7. The fraction of sp³-hybridized carbons (Fsp3) is 0.815. The lowest BCUT2D eigenvalue weighted by Crippen LogP contribution is -2.56. The highest BCUT2D eigenvalue weighted by molar-refractivity contribution is 5.87. The highest BCUT2D eigenvalue weighted by atomic mass is 16.3. The molecule has 4 saturated carbocycles. The molecule has 33 heavy (non-hydrogen) atoms. The molecule has 0 amide bonds.